The van der Waals surface area contributed by atoms with Crippen LogP contribution in [0, 0.1) is 0 Å². The molecule has 0 aliphatic heterocycles. The molecule has 1 atom stereocenters. The van der Waals surface area contributed by atoms with Gasteiger partial charge in [-0.2, -0.15) is 0 Å². The van der Waals surface area contributed by atoms with Crippen LogP contribution in [0.2, 0.25) is 0 Å². The Morgan fingerprint density at radius 2 is 1.54 bits per heavy atom. The summed E-state index contributed by atoms with van der Waals surface area (Å²) in [4.78, 5) is 16.3. The zero-order valence-corrected chi connectivity index (χ0v) is 16.3. The van der Waals surface area contributed by atoms with Gasteiger partial charge in [0, 0.05) is 12.8 Å². The third-order valence-corrected chi connectivity index (χ3v) is 4.47. The molecule has 0 spiro atoms. The number of para-hydroxylation sites is 1. The molecule has 0 bridgehead atoms. The van der Waals surface area contributed by atoms with E-state index in [1.165, 1.54) is 0 Å². The first kappa shape index (κ1) is 21.9. The highest BCUT2D eigenvalue weighted by atomic mass is 17.1. The maximum Gasteiger partial charge on any atom is 0.305 e. The maximum absolute atomic E-state index is 11.7. The Morgan fingerprint density at radius 1 is 0.857 bits per heavy atom. The van der Waals surface area contributed by atoms with Crippen LogP contribution in [0.15, 0.2) is 60.7 Å². The summed E-state index contributed by atoms with van der Waals surface area (Å²) in [6, 6.07) is 19.5. The highest BCUT2D eigenvalue weighted by Gasteiger charge is 2.10. The van der Waals surface area contributed by atoms with Gasteiger partial charge < -0.3 is 9.47 Å². The maximum atomic E-state index is 11.7. The van der Waals surface area contributed by atoms with Gasteiger partial charge in [0.05, 0.1) is 6.10 Å². The SMILES string of the molecule is O=C(CCCCCCC(Cc1ccccc1)OO)OCCOc1ccccc1. The van der Waals surface area contributed by atoms with Crippen LogP contribution >= 0.6 is 0 Å². The van der Waals surface area contributed by atoms with E-state index in [1.54, 1.807) is 0 Å². The highest BCUT2D eigenvalue weighted by Crippen LogP contribution is 2.14. The van der Waals surface area contributed by atoms with Gasteiger partial charge in [-0.05, 0) is 30.5 Å². The van der Waals surface area contributed by atoms with E-state index in [4.69, 9.17) is 14.7 Å². The smallest absolute Gasteiger partial charge is 0.305 e. The van der Waals surface area contributed by atoms with E-state index in [0.29, 0.717) is 19.4 Å². The molecule has 0 radical (unpaired) electrons. The predicted octanol–water partition coefficient (Wildman–Crippen LogP) is 5.05. The van der Waals surface area contributed by atoms with Gasteiger partial charge in [-0.25, -0.2) is 4.89 Å². The molecule has 1 N–H and O–H groups in total. The summed E-state index contributed by atoms with van der Waals surface area (Å²) in [5, 5.41) is 9.07. The van der Waals surface area contributed by atoms with E-state index in [9.17, 15) is 4.79 Å². The standard InChI is InChI=1S/C23H30O5/c24-23(27-18-17-26-21-13-8-4-9-14-21)16-10-2-1-7-15-22(28-25)19-20-11-5-3-6-12-20/h3-6,8-9,11-14,22,25H,1-2,7,10,15-19H2. The molecule has 5 nitrogen and oxygen atoms in total. The number of esters is 1. The molecule has 2 aromatic rings. The number of benzene rings is 2. The summed E-state index contributed by atoms with van der Waals surface area (Å²) in [5.41, 5.74) is 1.15. The van der Waals surface area contributed by atoms with E-state index in [-0.39, 0.29) is 18.7 Å². The first-order chi connectivity index (χ1) is 13.8. The van der Waals surface area contributed by atoms with Crippen molar-refractivity contribution in [2.24, 2.45) is 0 Å². The third kappa shape index (κ3) is 9.53. The highest BCUT2D eigenvalue weighted by molar-refractivity contribution is 5.69. The van der Waals surface area contributed by atoms with Crippen molar-refractivity contribution in [2.45, 2.75) is 51.0 Å². The number of rotatable bonds is 14. The van der Waals surface area contributed by atoms with Gasteiger partial charge in [0.2, 0.25) is 0 Å². The van der Waals surface area contributed by atoms with Gasteiger partial charge >= 0.3 is 5.97 Å². The van der Waals surface area contributed by atoms with Crippen molar-refractivity contribution in [2.75, 3.05) is 13.2 Å². The molecular formula is C23H30O5. The lowest BCUT2D eigenvalue weighted by Crippen LogP contribution is -2.14. The van der Waals surface area contributed by atoms with E-state index in [1.807, 2.05) is 60.7 Å². The van der Waals surface area contributed by atoms with Crippen LogP contribution in [0.4, 0.5) is 0 Å². The Hall–Kier alpha value is -2.37. The third-order valence-electron chi connectivity index (χ3n) is 4.47. The average Bonchev–Trinajstić information content (AvgIpc) is 2.74. The topological polar surface area (TPSA) is 65.0 Å². The van der Waals surface area contributed by atoms with Crippen LogP contribution < -0.4 is 4.74 Å². The molecule has 28 heavy (non-hydrogen) atoms. The van der Waals surface area contributed by atoms with Gasteiger partial charge in [-0.15, -0.1) is 0 Å². The first-order valence-electron chi connectivity index (χ1n) is 9.95. The Balaban J connectivity index is 1.45. The second-order valence-corrected chi connectivity index (χ2v) is 6.75. The van der Waals surface area contributed by atoms with Crippen LogP contribution in [-0.2, 0) is 20.8 Å². The van der Waals surface area contributed by atoms with Crippen molar-refractivity contribution in [3.8, 4) is 5.75 Å². The summed E-state index contributed by atoms with van der Waals surface area (Å²) >= 11 is 0. The summed E-state index contributed by atoms with van der Waals surface area (Å²) in [7, 11) is 0. The van der Waals surface area contributed by atoms with Crippen LogP contribution in [0.5, 0.6) is 5.75 Å². The minimum Gasteiger partial charge on any atom is -0.490 e. The lowest BCUT2D eigenvalue weighted by molar-refractivity contribution is -0.279. The van der Waals surface area contributed by atoms with E-state index >= 15 is 0 Å². The molecule has 1 unspecified atom stereocenters. The van der Waals surface area contributed by atoms with Crippen molar-refractivity contribution in [3.05, 3.63) is 66.2 Å². The van der Waals surface area contributed by atoms with Gasteiger partial charge in [-0.1, -0.05) is 67.8 Å². The van der Waals surface area contributed by atoms with E-state index in [2.05, 4.69) is 4.89 Å². The fourth-order valence-electron chi connectivity index (χ4n) is 2.97. The summed E-state index contributed by atoms with van der Waals surface area (Å²) < 4.78 is 10.7. The molecular weight excluding hydrogens is 356 g/mol. The number of carbonyl (C=O) groups is 1. The molecule has 0 aliphatic rings. The number of ether oxygens (including phenoxy) is 2. The summed E-state index contributed by atoms with van der Waals surface area (Å²) in [6.45, 7) is 0.627. The summed E-state index contributed by atoms with van der Waals surface area (Å²) in [5.74, 6) is 0.591. The molecule has 0 amide bonds. The molecule has 152 valence electrons. The van der Waals surface area contributed by atoms with Gasteiger partial charge in [-0.3, -0.25) is 10.1 Å². The molecule has 2 aromatic carbocycles. The molecule has 5 heteroatoms. The van der Waals surface area contributed by atoms with Crippen molar-refractivity contribution in [1.29, 1.82) is 0 Å². The largest absolute Gasteiger partial charge is 0.490 e. The number of hydrogen-bond acceptors (Lipinski definition) is 5. The van der Waals surface area contributed by atoms with Crippen LogP contribution in [0.25, 0.3) is 0 Å². The molecule has 0 heterocycles. The fourth-order valence-corrected chi connectivity index (χ4v) is 2.97. The van der Waals surface area contributed by atoms with E-state index < -0.39 is 0 Å². The minimum absolute atomic E-state index is 0.183. The fraction of sp³-hybridized carbons (Fsp3) is 0.435. The Kier molecular flexibility index (Phi) is 10.8. The average molecular weight is 386 g/mol. The molecule has 0 fully saturated rings. The van der Waals surface area contributed by atoms with E-state index in [0.717, 1.165) is 43.4 Å². The second kappa shape index (κ2) is 13.7. The van der Waals surface area contributed by atoms with Gasteiger partial charge in [0.15, 0.2) is 0 Å². The van der Waals surface area contributed by atoms with Gasteiger partial charge in [0.1, 0.15) is 19.0 Å². The molecule has 0 saturated carbocycles. The van der Waals surface area contributed by atoms with Crippen molar-refractivity contribution in [1.82, 2.24) is 0 Å². The molecule has 2 rings (SSSR count). The number of unbranched alkanes of at least 4 members (excludes halogenated alkanes) is 3. The molecule has 0 aliphatic carbocycles. The first-order valence-corrected chi connectivity index (χ1v) is 9.95. The quantitative estimate of drug-likeness (QED) is 0.213. The van der Waals surface area contributed by atoms with Crippen molar-refractivity contribution < 1.29 is 24.4 Å². The zero-order chi connectivity index (χ0) is 19.9. The van der Waals surface area contributed by atoms with Crippen LogP contribution in [0.1, 0.15) is 44.1 Å². The molecule has 0 saturated heterocycles. The number of carbonyl (C=O) groups excluding carboxylic acids is 1. The number of hydrogen-bond donors (Lipinski definition) is 1. The lowest BCUT2D eigenvalue weighted by atomic mass is 10.0. The van der Waals surface area contributed by atoms with Crippen molar-refractivity contribution >= 4 is 5.97 Å². The lowest BCUT2D eigenvalue weighted by Gasteiger charge is -2.13. The Labute approximate surface area is 167 Å². The Bertz CT molecular complexity index is 645. The predicted molar refractivity (Wildman–Crippen MR) is 108 cm³/mol. The van der Waals surface area contributed by atoms with Gasteiger partial charge in [0.25, 0.3) is 0 Å². The monoisotopic (exact) mass is 386 g/mol. The second-order valence-electron chi connectivity index (χ2n) is 6.75. The molecule has 0 aromatic heterocycles. The van der Waals surface area contributed by atoms with Crippen molar-refractivity contribution in [3.63, 3.8) is 0 Å². The minimum atomic E-state index is -0.183. The van der Waals surface area contributed by atoms with Crippen LogP contribution in [-0.4, -0.2) is 30.5 Å². The Morgan fingerprint density at radius 3 is 2.25 bits per heavy atom. The van der Waals surface area contributed by atoms with Crippen LogP contribution in [0.3, 0.4) is 0 Å². The summed E-state index contributed by atoms with van der Waals surface area (Å²) in [6.07, 6.45) is 5.46. The normalized spacial score (nSPS) is 11.8. The zero-order valence-electron chi connectivity index (χ0n) is 16.3.